The topological polar surface area (TPSA) is 71.2 Å². The summed E-state index contributed by atoms with van der Waals surface area (Å²) in [5, 5.41) is 12.7. The van der Waals surface area contributed by atoms with Gasteiger partial charge in [0.1, 0.15) is 5.75 Å². The first kappa shape index (κ1) is 10.3. The Balaban J connectivity index is 2.34. The van der Waals surface area contributed by atoms with Crippen molar-refractivity contribution in [2.75, 3.05) is 11.1 Å². The van der Waals surface area contributed by atoms with E-state index in [0.717, 1.165) is 5.56 Å². The van der Waals surface area contributed by atoms with E-state index < -0.39 is 0 Å². The lowest BCUT2D eigenvalue weighted by molar-refractivity contribution is 0.477. The number of hydrogen-bond acceptors (Lipinski definition) is 4. The van der Waals surface area contributed by atoms with Gasteiger partial charge in [-0.15, -0.1) is 0 Å². The van der Waals surface area contributed by atoms with E-state index in [1.807, 2.05) is 19.1 Å². The third-order valence-electron chi connectivity index (χ3n) is 2.24. The zero-order valence-corrected chi connectivity index (χ0v) is 8.94. The van der Waals surface area contributed by atoms with Crippen LogP contribution in [0.3, 0.4) is 0 Å². The summed E-state index contributed by atoms with van der Waals surface area (Å²) in [5.41, 5.74) is 7.95. The van der Waals surface area contributed by atoms with Gasteiger partial charge in [0.05, 0.1) is 11.4 Å². The predicted octanol–water partition coefficient (Wildman–Crippen LogP) is 2.42. The van der Waals surface area contributed by atoms with Crippen molar-refractivity contribution in [1.82, 2.24) is 4.98 Å². The van der Waals surface area contributed by atoms with Crippen LogP contribution < -0.4 is 11.1 Å². The maximum Gasteiger partial charge on any atom is 0.153 e. The highest BCUT2D eigenvalue weighted by atomic mass is 16.3. The molecule has 1 heterocycles. The molecule has 0 amide bonds. The third-order valence-corrected chi connectivity index (χ3v) is 2.24. The van der Waals surface area contributed by atoms with Crippen LogP contribution in [0, 0.1) is 6.92 Å². The van der Waals surface area contributed by atoms with Gasteiger partial charge in [-0.1, -0.05) is 6.07 Å². The normalized spacial score (nSPS) is 10.1. The first-order chi connectivity index (χ1) is 7.66. The van der Waals surface area contributed by atoms with Gasteiger partial charge < -0.3 is 16.2 Å². The number of aromatic hydroxyl groups is 1. The van der Waals surface area contributed by atoms with E-state index in [2.05, 4.69) is 10.3 Å². The molecule has 4 heteroatoms. The van der Waals surface area contributed by atoms with Gasteiger partial charge in [-0.25, -0.2) is 4.98 Å². The van der Waals surface area contributed by atoms with Crippen molar-refractivity contribution in [3.05, 3.63) is 42.1 Å². The Morgan fingerprint density at radius 1 is 1.31 bits per heavy atom. The quantitative estimate of drug-likeness (QED) is 0.673. The van der Waals surface area contributed by atoms with Gasteiger partial charge in [-0.05, 0) is 36.8 Å². The van der Waals surface area contributed by atoms with Crippen molar-refractivity contribution in [2.24, 2.45) is 0 Å². The molecule has 0 unspecified atom stereocenters. The molecule has 16 heavy (non-hydrogen) atoms. The van der Waals surface area contributed by atoms with Gasteiger partial charge in [0.25, 0.3) is 0 Å². The lowest BCUT2D eigenvalue weighted by atomic mass is 10.2. The second kappa shape index (κ2) is 4.10. The molecule has 0 saturated heterocycles. The Labute approximate surface area is 93.8 Å². The average Bonchev–Trinajstić information content (AvgIpc) is 2.27. The SMILES string of the molecule is Cc1ccc(O)c(Nc2ncccc2N)c1. The molecule has 4 nitrogen and oxygen atoms in total. The summed E-state index contributed by atoms with van der Waals surface area (Å²) in [6, 6.07) is 8.82. The standard InChI is InChI=1S/C12H13N3O/c1-8-4-5-11(16)10(7-8)15-12-9(13)3-2-6-14-12/h2-7,16H,13H2,1H3,(H,14,15). The Kier molecular flexibility index (Phi) is 2.64. The van der Waals surface area contributed by atoms with Crippen molar-refractivity contribution in [1.29, 1.82) is 0 Å². The summed E-state index contributed by atoms with van der Waals surface area (Å²) in [6.45, 7) is 1.95. The molecule has 0 saturated carbocycles. The van der Waals surface area contributed by atoms with Crippen LogP contribution in [-0.2, 0) is 0 Å². The van der Waals surface area contributed by atoms with Crippen LogP contribution in [0.2, 0.25) is 0 Å². The fourth-order valence-corrected chi connectivity index (χ4v) is 1.40. The fourth-order valence-electron chi connectivity index (χ4n) is 1.40. The van der Waals surface area contributed by atoms with Crippen molar-refractivity contribution >= 4 is 17.2 Å². The summed E-state index contributed by atoms with van der Waals surface area (Å²) in [4.78, 5) is 4.10. The Morgan fingerprint density at radius 3 is 2.88 bits per heavy atom. The monoisotopic (exact) mass is 215 g/mol. The van der Waals surface area contributed by atoms with Crippen LogP contribution in [0.4, 0.5) is 17.2 Å². The zero-order valence-electron chi connectivity index (χ0n) is 8.94. The van der Waals surface area contributed by atoms with E-state index in [0.29, 0.717) is 17.2 Å². The Bertz CT molecular complexity index is 511. The number of phenols is 1. The number of pyridine rings is 1. The highest BCUT2D eigenvalue weighted by Gasteiger charge is 2.04. The molecule has 1 aromatic carbocycles. The van der Waals surface area contributed by atoms with Crippen molar-refractivity contribution in [3.8, 4) is 5.75 Å². The number of anilines is 3. The Morgan fingerprint density at radius 2 is 2.12 bits per heavy atom. The zero-order chi connectivity index (χ0) is 11.5. The molecule has 0 atom stereocenters. The van der Waals surface area contributed by atoms with Gasteiger partial charge in [0.2, 0.25) is 0 Å². The third kappa shape index (κ3) is 2.06. The molecule has 82 valence electrons. The van der Waals surface area contributed by atoms with Crippen LogP contribution in [0.5, 0.6) is 5.75 Å². The maximum absolute atomic E-state index is 9.66. The highest BCUT2D eigenvalue weighted by molar-refractivity contribution is 5.71. The van der Waals surface area contributed by atoms with E-state index in [4.69, 9.17) is 5.73 Å². The summed E-state index contributed by atoms with van der Waals surface area (Å²) in [7, 11) is 0. The van der Waals surface area contributed by atoms with Crippen LogP contribution in [0.1, 0.15) is 5.56 Å². The molecule has 0 aliphatic heterocycles. The number of nitrogens with two attached hydrogens (primary N) is 1. The highest BCUT2D eigenvalue weighted by Crippen LogP contribution is 2.28. The van der Waals surface area contributed by atoms with Crippen LogP contribution in [0.15, 0.2) is 36.5 Å². The summed E-state index contributed by atoms with van der Waals surface area (Å²) in [5.74, 6) is 0.721. The van der Waals surface area contributed by atoms with Crippen LogP contribution in [-0.4, -0.2) is 10.1 Å². The summed E-state index contributed by atoms with van der Waals surface area (Å²) >= 11 is 0. The van der Waals surface area contributed by atoms with Crippen LogP contribution in [0.25, 0.3) is 0 Å². The number of rotatable bonds is 2. The lowest BCUT2D eigenvalue weighted by Crippen LogP contribution is -1.98. The molecule has 0 radical (unpaired) electrons. The number of nitrogen functional groups attached to an aromatic ring is 1. The molecule has 0 aliphatic rings. The molecular formula is C12H13N3O. The fraction of sp³-hybridized carbons (Fsp3) is 0.0833. The average molecular weight is 215 g/mol. The number of hydrogen-bond donors (Lipinski definition) is 3. The maximum atomic E-state index is 9.66. The minimum atomic E-state index is 0.177. The number of phenolic OH excluding ortho intramolecular Hbond substituents is 1. The van der Waals surface area contributed by atoms with Crippen LogP contribution >= 0.6 is 0 Å². The minimum absolute atomic E-state index is 0.177. The van der Waals surface area contributed by atoms with Crippen molar-refractivity contribution < 1.29 is 5.11 Å². The second-order valence-electron chi connectivity index (χ2n) is 3.59. The molecular weight excluding hydrogens is 202 g/mol. The molecule has 0 fully saturated rings. The number of aromatic nitrogens is 1. The van der Waals surface area contributed by atoms with E-state index in [1.54, 1.807) is 24.4 Å². The number of benzene rings is 1. The van der Waals surface area contributed by atoms with E-state index in [1.165, 1.54) is 0 Å². The molecule has 0 aliphatic carbocycles. The smallest absolute Gasteiger partial charge is 0.153 e. The second-order valence-corrected chi connectivity index (χ2v) is 3.59. The van der Waals surface area contributed by atoms with Gasteiger partial charge in [-0.3, -0.25) is 0 Å². The number of nitrogens with zero attached hydrogens (tertiary/aromatic N) is 1. The lowest BCUT2D eigenvalue weighted by Gasteiger charge is -2.10. The van der Waals surface area contributed by atoms with E-state index in [9.17, 15) is 5.11 Å². The molecule has 0 bridgehead atoms. The van der Waals surface area contributed by atoms with Gasteiger partial charge >= 0.3 is 0 Å². The number of aryl methyl sites for hydroxylation is 1. The van der Waals surface area contributed by atoms with Gasteiger partial charge in [-0.2, -0.15) is 0 Å². The molecule has 4 N–H and O–H groups in total. The first-order valence-electron chi connectivity index (χ1n) is 4.94. The first-order valence-corrected chi connectivity index (χ1v) is 4.94. The van der Waals surface area contributed by atoms with Gasteiger partial charge in [0, 0.05) is 6.20 Å². The predicted molar refractivity (Wildman–Crippen MR) is 64.8 cm³/mol. The van der Waals surface area contributed by atoms with E-state index >= 15 is 0 Å². The summed E-state index contributed by atoms with van der Waals surface area (Å²) in [6.07, 6.45) is 1.64. The largest absolute Gasteiger partial charge is 0.506 e. The summed E-state index contributed by atoms with van der Waals surface area (Å²) < 4.78 is 0. The molecule has 1 aromatic heterocycles. The molecule has 2 rings (SSSR count). The van der Waals surface area contributed by atoms with E-state index in [-0.39, 0.29) is 5.75 Å². The molecule has 0 spiro atoms. The van der Waals surface area contributed by atoms with Gasteiger partial charge in [0.15, 0.2) is 5.82 Å². The molecule has 2 aromatic rings. The van der Waals surface area contributed by atoms with Crippen molar-refractivity contribution in [3.63, 3.8) is 0 Å². The minimum Gasteiger partial charge on any atom is -0.506 e. The Hall–Kier alpha value is -2.23. The van der Waals surface area contributed by atoms with Crippen molar-refractivity contribution in [2.45, 2.75) is 6.92 Å². The number of nitrogens with one attached hydrogen (secondary N) is 1.